The highest BCUT2D eigenvalue weighted by molar-refractivity contribution is 5.87. The molecule has 1 aliphatic rings. The summed E-state index contributed by atoms with van der Waals surface area (Å²) in [5.41, 5.74) is 6.06. The molecule has 8 heteroatoms. The summed E-state index contributed by atoms with van der Waals surface area (Å²) in [6.07, 6.45) is 1.74. The Bertz CT molecular complexity index is 982. The average molecular weight is 442 g/mol. The Balaban J connectivity index is 1.65. The molecule has 0 bridgehead atoms. The third-order valence-corrected chi connectivity index (χ3v) is 5.82. The molecule has 0 radical (unpaired) electrons. The fourth-order valence-corrected chi connectivity index (χ4v) is 4.04. The predicted molar refractivity (Wildman–Crippen MR) is 117 cm³/mol. The van der Waals surface area contributed by atoms with E-state index in [1.807, 2.05) is 30.3 Å². The summed E-state index contributed by atoms with van der Waals surface area (Å²) in [5.74, 6) is -1.11. The number of nitrogens with one attached hydrogen (secondary N) is 2. The van der Waals surface area contributed by atoms with Crippen LogP contribution in [0.5, 0.6) is 5.75 Å². The van der Waals surface area contributed by atoms with Crippen LogP contribution in [-0.2, 0) is 27.2 Å². The molecular formula is C24H28FN3O4. The smallest absolute Gasteiger partial charge is 0.240 e. The Kier molecular flexibility index (Phi) is 7.45. The van der Waals surface area contributed by atoms with Crippen LogP contribution in [0, 0.1) is 5.82 Å². The lowest BCUT2D eigenvalue weighted by Gasteiger charge is -2.30. The SMILES string of the molecule is COc1ccc(C[C@]2(CCC(=O)N[C@@H](Cc3ccccc3)C(N)=O)CCC(=O)N2)c(F)c1. The third-order valence-electron chi connectivity index (χ3n) is 5.82. The van der Waals surface area contributed by atoms with Gasteiger partial charge in [-0.3, -0.25) is 14.4 Å². The monoisotopic (exact) mass is 441 g/mol. The number of hydrogen-bond acceptors (Lipinski definition) is 4. The first-order chi connectivity index (χ1) is 15.3. The molecule has 7 nitrogen and oxygen atoms in total. The Morgan fingerprint density at radius 2 is 2.00 bits per heavy atom. The number of halogens is 1. The van der Waals surface area contributed by atoms with Crippen molar-refractivity contribution in [2.75, 3.05) is 7.11 Å². The largest absolute Gasteiger partial charge is 0.497 e. The highest BCUT2D eigenvalue weighted by Gasteiger charge is 2.38. The molecule has 0 aromatic heterocycles. The average Bonchev–Trinajstić information content (AvgIpc) is 3.14. The molecule has 4 N–H and O–H groups in total. The lowest BCUT2D eigenvalue weighted by molar-refractivity contribution is -0.127. The molecule has 0 saturated carbocycles. The van der Waals surface area contributed by atoms with Crippen molar-refractivity contribution >= 4 is 17.7 Å². The van der Waals surface area contributed by atoms with Gasteiger partial charge in [0.15, 0.2) is 0 Å². The summed E-state index contributed by atoms with van der Waals surface area (Å²) < 4.78 is 19.5. The summed E-state index contributed by atoms with van der Waals surface area (Å²) in [6, 6.07) is 13.0. The van der Waals surface area contributed by atoms with Gasteiger partial charge in [-0.1, -0.05) is 36.4 Å². The van der Waals surface area contributed by atoms with Gasteiger partial charge >= 0.3 is 0 Å². The highest BCUT2D eigenvalue weighted by atomic mass is 19.1. The van der Waals surface area contributed by atoms with E-state index < -0.39 is 23.3 Å². The standard InChI is InChI=1S/C24H28FN3O4/c1-32-18-8-7-17(19(25)14-18)15-24(12-10-22(30)28-24)11-9-21(29)27-20(23(26)31)13-16-5-3-2-4-6-16/h2-8,14,20H,9-13,15H2,1H3,(H2,26,31)(H,27,29)(H,28,30)/t20-,24-/m0/s1. The topological polar surface area (TPSA) is 111 Å². The number of nitrogens with two attached hydrogens (primary N) is 1. The summed E-state index contributed by atoms with van der Waals surface area (Å²) in [5, 5.41) is 5.63. The Morgan fingerprint density at radius 1 is 1.25 bits per heavy atom. The zero-order chi connectivity index (χ0) is 23.1. The van der Waals surface area contributed by atoms with Crippen LogP contribution >= 0.6 is 0 Å². The molecule has 32 heavy (non-hydrogen) atoms. The van der Waals surface area contributed by atoms with Crippen molar-refractivity contribution in [2.45, 2.75) is 50.1 Å². The van der Waals surface area contributed by atoms with Crippen molar-refractivity contribution in [3.8, 4) is 5.75 Å². The van der Waals surface area contributed by atoms with Crippen LogP contribution in [-0.4, -0.2) is 36.4 Å². The summed E-state index contributed by atoms with van der Waals surface area (Å²) in [4.78, 5) is 36.4. The first-order valence-electron chi connectivity index (χ1n) is 10.6. The van der Waals surface area contributed by atoms with E-state index in [1.165, 1.54) is 13.2 Å². The molecule has 1 saturated heterocycles. The summed E-state index contributed by atoms with van der Waals surface area (Å²) in [7, 11) is 1.46. The minimum atomic E-state index is -0.835. The van der Waals surface area contributed by atoms with Crippen LogP contribution in [0.15, 0.2) is 48.5 Å². The van der Waals surface area contributed by atoms with Crippen molar-refractivity contribution in [3.63, 3.8) is 0 Å². The fraction of sp³-hybridized carbons (Fsp3) is 0.375. The van der Waals surface area contributed by atoms with Crippen molar-refractivity contribution in [2.24, 2.45) is 5.73 Å². The number of primary amides is 1. The second-order valence-corrected chi connectivity index (χ2v) is 8.17. The molecule has 170 valence electrons. The maximum atomic E-state index is 14.5. The van der Waals surface area contributed by atoms with Crippen molar-refractivity contribution in [1.29, 1.82) is 0 Å². The van der Waals surface area contributed by atoms with E-state index in [0.29, 0.717) is 37.0 Å². The number of benzene rings is 2. The molecule has 3 rings (SSSR count). The van der Waals surface area contributed by atoms with Gasteiger partial charge in [-0.15, -0.1) is 0 Å². The van der Waals surface area contributed by atoms with Crippen molar-refractivity contribution in [1.82, 2.24) is 10.6 Å². The number of carbonyl (C=O) groups excluding carboxylic acids is 3. The first kappa shape index (κ1) is 23.2. The second kappa shape index (κ2) is 10.3. The van der Waals surface area contributed by atoms with E-state index in [4.69, 9.17) is 10.5 Å². The van der Waals surface area contributed by atoms with E-state index in [0.717, 1.165) is 5.56 Å². The fourth-order valence-electron chi connectivity index (χ4n) is 4.04. The van der Waals surface area contributed by atoms with Gasteiger partial charge in [0, 0.05) is 30.9 Å². The minimum absolute atomic E-state index is 0.0661. The minimum Gasteiger partial charge on any atom is -0.497 e. The van der Waals surface area contributed by atoms with E-state index in [-0.39, 0.29) is 24.7 Å². The molecule has 2 atom stereocenters. The van der Waals surface area contributed by atoms with E-state index >= 15 is 0 Å². The Labute approximate surface area is 186 Å². The van der Waals surface area contributed by atoms with Gasteiger partial charge in [0.1, 0.15) is 17.6 Å². The van der Waals surface area contributed by atoms with Gasteiger partial charge in [-0.25, -0.2) is 4.39 Å². The molecule has 1 heterocycles. The molecule has 0 aliphatic carbocycles. The predicted octanol–water partition coefficient (Wildman–Crippen LogP) is 2.02. The van der Waals surface area contributed by atoms with Gasteiger partial charge in [0.25, 0.3) is 0 Å². The number of hydrogen-bond donors (Lipinski definition) is 3. The van der Waals surface area contributed by atoms with Crippen LogP contribution in [0.2, 0.25) is 0 Å². The number of rotatable bonds is 10. The molecule has 0 unspecified atom stereocenters. The number of carbonyl (C=O) groups is 3. The van der Waals surface area contributed by atoms with Crippen LogP contribution in [0.25, 0.3) is 0 Å². The maximum absolute atomic E-state index is 14.5. The molecule has 3 amide bonds. The quantitative estimate of drug-likeness (QED) is 0.524. The zero-order valence-electron chi connectivity index (χ0n) is 18.0. The summed E-state index contributed by atoms with van der Waals surface area (Å²) in [6.45, 7) is 0. The lowest BCUT2D eigenvalue weighted by atomic mass is 9.84. The van der Waals surface area contributed by atoms with E-state index in [9.17, 15) is 18.8 Å². The van der Waals surface area contributed by atoms with Crippen LogP contribution in [0.1, 0.15) is 36.8 Å². The second-order valence-electron chi connectivity index (χ2n) is 8.17. The van der Waals surface area contributed by atoms with Gasteiger partial charge in [0.05, 0.1) is 7.11 Å². The van der Waals surface area contributed by atoms with Gasteiger partial charge in [0.2, 0.25) is 17.7 Å². The highest BCUT2D eigenvalue weighted by Crippen LogP contribution is 2.31. The van der Waals surface area contributed by atoms with Crippen LogP contribution in [0.3, 0.4) is 0 Å². The van der Waals surface area contributed by atoms with Gasteiger partial charge in [-0.2, -0.15) is 0 Å². The van der Waals surface area contributed by atoms with Gasteiger partial charge in [-0.05, 0) is 36.5 Å². The number of methoxy groups -OCH3 is 1. The van der Waals surface area contributed by atoms with Crippen LogP contribution in [0.4, 0.5) is 4.39 Å². The zero-order valence-corrected chi connectivity index (χ0v) is 18.0. The molecule has 0 spiro atoms. The van der Waals surface area contributed by atoms with Gasteiger partial charge < -0.3 is 21.1 Å². The van der Waals surface area contributed by atoms with Crippen LogP contribution < -0.4 is 21.1 Å². The Hall–Kier alpha value is -3.42. The lowest BCUT2D eigenvalue weighted by Crippen LogP contribution is -2.48. The van der Waals surface area contributed by atoms with Crippen molar-refractivity contribution < 1.29 is 23.5 Å². The Morgan fingerprint density at radius 3 is 2.59 bits per heavy atom. The molecule has 2 aromatic carbocycles. The molecule has 1 fully saturated rings. The van der Waals surface area contributed by atoms with E-state index in [2.05, 4.69) is 10.6 Å². The number of ether oxygens (including phenoxy) is 1. The molecular weight excluding hydrogens is 413 g/mol. The molecule has 2 aromatic rings. The molecule has 1 aliphatic heterocycles. The first-order valence-corrected chi connectivity index (χ1v) is 10.6. The number of amides is 3. The normalized spacial score (nSPS) is 18.6. The maximum Gasteiger partial charge on any atom is 0.240 e. The third kappa shape index (κ3) is 6.06. The van der Waals surface area contributed by atoms with E-state index in [1.54, 1.807) is 12.1 Å². The van der Waals surface area contributed by atoms with Crippen molar-refractivity contribution in [3.05, 3.63) is 65.5 Å². The summed E-state index contributed by atoms with van der Waals surface area (Å²) >= 11 is 0.